The minimum Gasteiger partial charge on any atom is -0.340 e. The maximum atomic E-state index is 12.6. The van der Waals surface area contributed by atoms with Gasteiger partial charge in [0.15, 0.2) is 0 Å². The summed E-state index contributed by atoms with van der Waals surface area (Å²) < 4.78 is 0. The van der Waals surface area contributed by atoms with Crippen LogP contribution in [0.1, 0.15) is 72.1 Å². The van der Waals surface area contributed by atoms with E-state index >= 15 is 0 Å². The fourth-order valence-corrected chi connectivity index (χ4v) is 6.49. The van der Waals surface area contributed by atoms with Crippen LogP contribution in [0.2, 0.25) is 0 Å². The zero-order valence-corrected chi connectivity index (χ0v) is 20.1. The predicted octanol–water partition coefficient (Wildman–Crippen LogP) is 3.94. The fourth-order valence-electron chi connectivity index (χ4n) is 6.49. The monoisotopic (exact) mass is 429 g/mol. The van der Waals surface area contributed by atoms with E-state index in [-0.39, 0.29) is 5.91 Å². The van der Waals surface area contributed by atoms with E-state index in [1.807, 2.05) is 4.90 Å². The first kappa shape index (κ1) is 22.8. The summed E-state index contributed by atoms with van der Waals surface area (Å²) in [5.74, 6) is 2.82. The van der Waals surface area contributed by atoms with Gasteiger partial charge in [-0.1, -0.05) is 51.2 Å². The van der Waals surface area contributed by atoms with Gasteiger partial charge in [-0.2, -0.15) is 0 Å². The van der Waals surface area contributed by atoms with Crippen LogP contribution in [0.3, 0.4) is 0 Å². The number of hydrogen-bond acceptors (Lipinski definition) is 3. The molecule has 0 aromatic heterocycles. The normalized spacial score (nSPS) is 28.2. The number of rotatable bonds is 8. The number of amides is 2. The van der Waals surface area contributed by atoms with Gasteiger partial charge in [0.25, 0.3) is 0 Å². The lowest BCUT2D eigenvalue weighted by atomic mass is 9.49. The Morgan fingerprint density at radius 3 is 2.45 bits per heavy atom. The van der Waals surface area contributed by atoms with Crippen LogP contribution in [0.4, 0.5) is 0 Å². The van der Waals surface area contributed by atoms with E-state index in [4.69, 9.17) is 0 Å². The first-order valence-corrected chi connectivity index (χ1v) is 12.8. The second-order valence-corrected chi connectivity index (χ2v) is 11.2. The molecule has 0 aromatic rings. The minimum absolute atomic E-state index is 0.181. The molecule has 5 heteroatoms. The van der Waals surface area contributed by atoms with Gasteiger partial charge in [-0.3, -0.25) is 14.5 Å². The molecule has 174 valence electrons. The lowest BCUT2D eigenvalue weighted by Gasteiger charge is -2.57. The van der Waals surface area contributed by atoms with Crippen molar-refractivity contribution in [2.45, 2.75) is 72.1 Å². The summed E-state index contributed by atoms with van der Waals surface area (Å²) in [5.41, 5.74) is 1.90. The number of piperazine rings is 1. The number of carbonyl (C=O) groups is 2. The molecule has 0 N–H and O–H groups in total. The summed E-state index contributed by atoms with van der Waals surface area (Å²) in [6.07, 6.45) is 12.1. The predicted molar refractivity (Wildman–Crippen MR) is 125 cm³/mol. The first-order valence-electron chi connectivity index (χ1n) is 12.8. The van der Waals surface area contributed by atoms with Crippen LogP contribution in [0.15, 0.2) is 11.6 Å². The number of nitrogens with zero attached hydrogens (tertiary/aromatic N) is 3. The van der Waals surface area contributed by atoms with Gasteiger partial charge in [0, 0.05) is 59.2 Å². The molecule has 0 radical (unpaired) electrons. The number of allylic oxidation sites excluding steroid dienone is 1. The molecule has 5 nitrogen and oxygen atoms in total. The van der Waals surface area contributed by atoms with Crippen molar-refractivity contribution < 1.29 is 9.59 Å². The molecule has 3 fully saturated rings. The Hall–Kier alpha value is -1.36. The third-order valence-electron chi connectivity index (χ3n) is 9.05. The maximum Gasteiger partial charge on any atom is 0.222 e. The SMILES string of the molecule is CC(=O)N(CCN1CCN(C(=O)CCC2CCCC2)CC1)CC1=CCC2CC1C2(C)C. The van der Waals surface area contributed by atoms with Crippen LogP contribution in [0, 0.1) is 23.2 Å². The molecule has 2 amide bonds. The number of hydrogen-bond donors (Lipinski definition) is 0. The van der Waals surface area contributed by atoms with Crippen molar-refractivity contribution in [1.82, 2.24) is 14.7 Å². The lowest BCUT2D eigenvalue weighted by Crippen LogP contribution is -2.52. The van der Waals surface area contributed by atoms with E-state index in [9.17, 15) is 9.59 Å². The average Bonchev–Trinajstić information content (AvgIpc) is 3.28. The van der Waals surface area contributed by atoms with Crippen LogP contribution in [0.25, 0.3) is 0 Å². The molecule has 4 aliphatic carbocycles. The topological polar surface area (TPSA) is 43.9 Å². The van der Waals surface area contributed by atoms with Gasteiger partial charge in [0.05, 0.1) is 0 Å². The Morgan fingerprint density at radius 2 is 1.84 bits per heavy atom. The molecule has 2 atom stereocenters. The van der Waals surface area contributed by atoms with E-state index in [0.29, 0.717) is 17.2 Å². The van der Waals surface area contributed by atoms with E-state index in [2.05, 4.69) is 29.7 Å². The second kappa shape index (κ2) is 9.64. The summed E-state index contributed by atoms with van der Waals surface area (Å²) in [4.78, 5) is 31.4. The van der Waals surface area contributed by atoms with Crippen LogP contribution in [-0.2, 0) is 9.59 Å². The summed E-state index contributed by atoms with van der Waals surface area (Å²) >= 11 is 0. The van der Waals surface area contributed by atoms with Gasteiger partial charge in [-0.05, 0) is 42.4 Å². The Balaban J connectivity index is 1.18. The van der Waals surface area contributed by atoms with Crippen LogP contribution in [0.5, 0.6) is 0 Å². The number of fused-ring (bicyclic) bond motifs is 1. The molecular weight excluding hydrogens is 386 g/mol. The minimum atomic E-state index is 0.181. The maximum absolute atomic E-state index is 12.6. The van der Waals surface area contributed by atoms with Gasteiger partial charge >= 0.3 is 0 Å². The van der Waals surface area contributed by atoms with Gasteiger partial charge in [-0.25, -0.2) is 0 Å². The molecule has 5 aliphatic rings. The van der Waals surface area contributed by atoms with Crippen LogP contribution >= 0.6 is 0 Å². The van der Waals surface area contributed by atoms with Crippen LogP contribution in [-0.4, -0.2) is 72.3 Å². The Labute approximate surface area is 189 Å². The Bertz CT molecular complexity index is 687. The molecule has 2 bridgehead atoms. The second-order valence-electron chi connectivity index (χ2n) is 11.2. The lowest BCUT2D eigenvalue weighted by molar-refractivity contribution is -0.133. The van der Waals surface area contributed by atoms with Gasteiger partial charge in [-0.15, -0.1) is 0 Å². The van der Waals surface area contributed by atoms with Crippen molar-refractivity contribution in [3.63, 3.8) is 0 Å². The number of carbonyl (C=O) groups excluding carboxylic acids is 2. The highest BCUT2D eigenvalue weighted by molar-refractivity contribution is 5.76. The van der Waals surface area contributed by atoms with E-state index in [1.54, 1.807) is 6.92 Å². The average molecular weight is 430 g/mol. The Kier molecular flexibility index (Phi) is 7.10. The molecular formula is C26H43N3O2. The highest BCUT2D eigenvalue weighted by Crippen LogP contribution is 2.59. The molecule has 5 rings (SSSR count). The first-order chi connectivity index (χ1) is 14.8. The standard InChI is InChI=1S/C26H43N3O2/c1-20(30)29(19-22-9-10-23-18-24(22)26(23,2)3)17-14-27-12-15-28(16-13-27)25(31)11-8-21-6-4-5-7-21/h9,21,23-24H,4-8,10-19H2,1-3H3. The van der Waals surface area contributed by atoms with Crippen molar-refractivity contribution in [3.8, 4) is 0 Å². The van der Waals surface area contributed by atoms with Gasteiger partial charge < -0.3 is 9.80 Å². The molecule has 31 heavy (non-hydrogen) atoms. The highest BCUT2D eigenvalue weighted by atomic mass is 16.2. The molecule has 2 saturated carbocycles. The molecule has 1 saturated heterocycles. The quantitative estimate of drug-likeness (QED) is 0.549. The largest absolute Gasteiger partial charge is 0.340 e. The van der Waals surface area contributed by atoms with Gasteiger partial charge in [0.2, 0.25) is 11.8 Å². The highest BCUT2D eigenvalue weighted by Gasteiger charge is 2.51. The molecule has 0 spiro atoms. The summed E-state index contributed by atoms with van der Waals surface area (Å²) in [6.45, 7) is 12.5. The molecule has 2 unspecified atom stereocenters. The smallest absolute Gasteiger partial charge is 0.222 e. The molecule has 0 aromatic carbocycles. The van der Waals surface area contributed by atoms with E-state index < -0.39 is 0 Å². The summed E-state index contributed by atoms with van der Waals surface area (Å²) in [6, 6.07) is 0. The van der Waals surface area contributed by atoms with Crippen molar-refractivity contribution in [2.24, 2.45) is 23.2 Å². The van der Waals surface area contributed by atoms with E-state index in [0.717, 1.165) is 70.5 Å². The zero-order chi connectivity index (χ0) is 22.0. The van der Waals surface area contributed by atoms with E-state index in [1.165, 1.54) is 44.1 Å². The third-order valence-corrected chi connectivity index (χ3v) is 9.05. The third kappa shape index (κ3) is 5.18. The molecule has 1 aliphatic heterocycles. The van der Waals surface area contributed by atoms with Crippen molar-refractivity contribution in [3.05, 3.63) is 11.6 Å². The van der Waals surface area contributed by atoms with Crippen molar-refractivity contribution in [2.75, 3.05) is 45.8 Å². The summed E-state index contributed by atoms with van der Waals surface area (Å²) in [7, 11) is 0. The Morgan fingerprint density at radius 1 is 1.13 bits per heavy atom. The summed E-state index contributed by atoms with van der Waals surface area (Å²) in [5, 5.41) is 0. The van der Waals surface area contributed by atoms with Crippen molar-refractivity contribution in [1.29, 1.82) is 0 Å². The van der Waals surface area contributed by atoms with Crippen LogP contribution < -0.4 is 0 Å². The van der Waals surface area contributed by atoms with Crippen molar-refractivity contribution >= 4 is 11.8 Å². The zero-order valence-electron chi connectivity index (χ0n) is 20.1. The fraction of sp³-hybridized carbons (Fsp3) is 0.846. The molecule has 1 heterocycles. The van der Waals surface area contributed by atoms with Gasteiger partial charge in [0.1, 0.15) is 0 Å².